The van der Waals surface area contributed by atoms with Crippen molar-refractivity contribution in [1.82, 2.24) is 15.5 Å². The highest BCUT2D eigenvalue weighted by molar-refractivity contribution is 5.95. The Morgan fingerprint density at radius 3 is 2.20 bits per heavy atom. The number of carbonyl (C=O) groups is 3. The lowest BCUT2D eigenvalue weighted by Crippen LogP contribution is -2.32. The van der Waals surface area contributed by atoms with Gasteiger partial charge in [0.05, 0.1) is 17.8 Å². The fraction of sp³-hybridized carbons (Fsp3) is 0.308. The normalized spacial score (nSPS) is 14.0. The summed E-state index contributed by atoms with van der Waals surface area (Å²) in [5.74, 6) is -5.27. The summed E-state index contributed by atoms with van der Waals surface area (Å²) in [6.45, 7) is 1.36. The Labute approximate surface area is 244 Å². The molecule has 0 radical (unpaired) electrons. The number of carboxylic acids is 2. The number of aliphatic carboxylic acids is 2. The number of hydrogen-bond acceptors (Lipinski definition) is 7. The Kier molecular flexibility index (Phi) is 12.5. The van der Waals surface area contributed by atoms with E-state index in [9.17, 15) is 35.5 Å². The molecule has 1 atom stereocenters. The molecule has 1 aliphatic heterocycles. The van der Waals surface area contributed by atoms with E-state index in [-0.39, 0.29) is 18.3 Å². The third-order valence-corrected chi connectivity index (χ3v) is 5.47. The third-order valence-electron chi connectivity index (χ3n) is 5.47. The van der Waals surface area contributed by atoms with Crippen LogP contribution in [0.15, 0.2) is 48.8 Å². The Hall–Kier alpha value is -4.87. The molecule has 18 heteroatoms. The number of nitrogens with zero attached hydrogens (tertiary/aromatic N) is 1. The number of halogens is 7. The number of alkyl halides is 6. The number of fused-ring (bicyclic) bond motifs is 1. The number of aromatic amines is 1. The summed E-state index contributed by atoms with van der Waals surface area (Å²) in [7, 11) is 1.84. The van der Waals surface area contributed by atoms with Gasteiger partial charge in [-0.3, -0.25) is 9.89 Å². The number of likely N-dealkylation sites (N-methyl/N-ethyl adjacent to an activating group) is 1. The number of aromatic nitrogens is 2. The summed E-state index contributed by atoms with van der Waals surface area (Å²) < 4.78 is 88.6. The number of carbonyl (C=O) groups excluding carboxylic acids is 1. The lowest BCUT2D eigenvalue weighted by Gasteiger charge is -2.25. The minimum atomic E-state index is -5.08. The van der Waals surface area contributed by atoms with Gasteiger partial charge in [0.25, 0.3) is 0 Å². The van der Waals surface area contributed by atoms with Crippen LogP contribution in [-0.4, -0.2) is 77.4 Å². The highest BCUT2D eigenvalue weighted by Crippen LogP contribution is 2.33. The van der Waals surface area contributed by atoms with Gasteiger partial charge in [0.15, 0.2) is 0 Å². The first kappa shape index (κ1) is 35.3. The van der Waals surface area contributed by atoms with Crippen molar-refractivity contribution in [3.05, 3.63) is 60.2 Å². The van der Waals surface area contributed by atoms with Crippen LogP contribution in [-0.2, 0) is 20.8 Å². The number of ether oxygens (including phenoxy) is 2. The molecule has 1 aliphatic rings. The van der Waals surface area contributed by atoms with Crippen LogP contribution in [0.3, 0.4) is 0 Å². The van der Waals surface area contributed by atoms with Gasteiger partial charge < -0.3 is 30.3 Å². The zero-order valence-corrected chi connectivity index (χ0v) is 22.6. The summed E-state index contributed by atoms with van der Waals surface area (Å²) in [5, 5.41) is 27.0. The SMILES string of the molecule is CNCCOc1cc(-c2cn[nH]c2)ccc1NC(=O)C1COc2ccc(F)cc2C1.O=C(O)C(F)(F)F.O=C(O)C(F)(F)F. The van der Waals surface area contributed by atoms with Crippen molar-refractivity contribution in [3.8, 4) is 22.6 Å². The quantitative estimate of drug-likeness (QED) is 0.188. The molecule has 0 spiro atoms. The van der Waals surface area contributed by atoms with Crippen LogP contribution in [0.1, 0.15) is 5.56 Å². The zero-order chi connectivity index (χ0) is 33.1. The average Bonchev–Trinajstić information content (AvgIpc) is 3.48. The Balaban J connectivity index is 0.000000402. The highest BCUT2D eigenvalue weighted by Gasteiger charge is 2.39. The summed E-state index contributed by atoms with van der Waals surface area (Å²) in [4.78, 5) is 30.7. The molecular formula is C26H25F7N4O7. The van der Waals surface area contributed by atoms with Gasteiger partial charge in [-0.25, -0.2) is 14.0 Å². The van der Waals surface area contributed by atoms with E-state index in [2.05, 4.69) is 20.8 Å². The van der Waals surface area contributed by atoms with Gasteiger partial charge in [0.2, 0.25) is 5.91 Å². The number of anilines is 1. The van der Waals surface area contributed by atoms with Crippen molar-refractivity contribution in [2.45, 2.75) is 18.8 Å². The van der Waals surface area contributed by atoms with Crippen molar-refractivity contribution in [2.75, 3.05) is 32.1 Å². The van der Waals surface area contributed by atoms with E-state index < -0.39 is 30.2 Å². The summed E-state index contributed by atoms with van der Waals surface area (Å²) >= 11 is 0. The van der Waals surface area contributed by atoms with Crippen LogP contribution in [0.5, 0.6) is 11.5 Å². The molecule has 240 valence electrons. The molecule has 0 saturated heterocycles. The fourth-order valence-corrected chi connectivity index (χ4v) is 3.36. The van der Waals surface area contributed by atoms with E-state index in [0.29, 0.717) is 42.3 Å². The van der Waals surface area contributed by atoms with Gasteiger partial charge in [0, 0.05) is 18.3 Å². The second-order valence-electron chi connectivity index (χ2n) is 8.71. The number of H-pyrrole nitrogens is 1. The molecule has 1 unspecified atom stereocenters. The number of benzene rings is 2. The van der Waals surface area contributed by atoms with E-state index in [1.54, 1.807) is 18.5 Å². The maximum absolute atomic E-state index is 13.5. The molecule has 11 nitrogen and oxygen atoms in total. The number of amides is 1. The van der Waals surface area contributed by atoms with Crippen molar-refractivity contribution >= 4 is 23.5 Å². The molecular weight excluding hydrogens is 613 g/mol. The summed E-state index contributed by atoms with van der Waals surface area (Å²) in [5.41, 5.74) is 3.12. The van der Waals surface area contributed by atoms with Crippen LogP contribution in [0, 0.1) is 11.7 Å². The molecule has 3 aromatic rings. The number of carboxylic acid groups (broad SMARTS) is 2. The maximum atomic E-state index is 13.5. The minimum absolute atomic E-state index is 0.195. The average molecular weight is 638 g/mol. The molecule has 0 bridgehead atoms. The topological polar surface area (TPSA) is 163 Å². The number of nitrogens with one attached hydrogen (secondary N) is 3. The predicted molar refractivity (Wildman–Crippen MR) is 139 cm³/mol. The largest absolute Gasteiger partial charge is 0.492 e. The second-order valence-corrected chi connectivity index (χ2v) is 8.71. The van der Waals surface area contributed by atoms with Crippen LogP contribution in [0.4, 0.5) is 36.4 Å². The van der Waals surface area contributed by atoms with Gasteiger partial charge in [-0.1, -0.05) is 6.07 Å². The van der Waals surface area contributed by atoms with Gasteiger partial charge >= 0.3 is 24.3 Å². The van der Waals surface area contributed by atoms with E-state index in [1.165, 1.54) is 12.1 Å². The monoisotopic (exact) mass is 638 g/mol. The molecule has 1 aromatic heterocycles. The van der Waals surface area contributed by atoms with Crippen molar-refractivity contribution in [2.24, 2.45) is 5.92 Å². The van der Waals surface area contributed by atoms with Crippen LogP contribution in [0.2, 0.25) is 0 Å². The maximum Gasteiger partial charge on any atom is 0.490 e. The van der Waals surface area contributed by atoms with Gasteiger partial charge in [-0.15, -0.1) is 0 Å². The Morgan fingerprint density at radius 1 is 1.02 bits per heavy atom. The van der Waals surface area contributed by atoms with Gasteiger partial charge in [0.1, 0.15) is 30.5 Å². The molecule has 4 rings (SSSR count). The van der Waals surface area contributed by atoms with Gasteiger partial charge in [-0.05, 0) is 54.9 Å². The Morgan fingerprint density at radius 2 is 1.66 bits per heavy atom. The van der Waals surface area contributed by atoms with Crippen molar-refractivity contribution < 1.29 is 64.8 Å². The molecule has 2 heterocycles. The smallest absolute Gasteiger partial charge is 0.490 e. The van der Waals surface area contributed by atoms with E-state index in [1.807, 2.05) is 25.2 Å². The van der Waals surface area contributed by atoms with Crippen LogP contribution in [0.25, 0.3) is 11.1 Å². The van der Waals surface area contributed by atoms with E-state index >= 15 is 0 Å². The molecule has 0 fully saturated rings. The molecule has 2 aromatic carbocycles. The standard InChI is InChI=1S/C22H23FN4O3.2C2HF3O2/c1-24-6-7-29-21-10-14(17-11-25-26-12-17)2-4-19(21)27-22(28)16-8-15-9-18(23)3-5-20(15)30-13-16;2*3-2(4,5)1(6)7/h2-5,9-12,16,24H,6-8,13H2,1H3,(H,25,26)(H,27,28);2*(H,6,7). The lowest BCUT2D eigenvalue weighted by molar-refractivity contribution is -0.193. The van der Waals surface area contributed by atoms with Crippen molar-refractivity contribution in [3.63, 3.8) is 0 Å². The second kappa shape index (κ2) is 15.6. The molecule has 0 aliphatic carbocycles. The van der Waals surface area contributed by atoms with E-state index in [0.717, 1.165) is 11.1 Å². The Bertz CT molecular complexity index is 1390. The first-order chi connectivity index (χ1) is 20.5. The fourth-order valence-electron chi connectivity index (χ4n) is 3.36. The van der Waals surface area contributed by atoms with E-state index in [4.69, 9.17) is 29.3 Å². The third kappa shape index (κ3) is 11.1. The lowest BCUT2D eigenvalue weighted by atomic mass is 9.95. The number of hydrogen-bond donors (Lipinski definition) is 5. The summed E-state index contributed by atoms with van der Waals surface area (Å²) in [6.07, 6.45) is -6.23. The van der Waals surface area contributed by atoms with Crippen LogP contribution < -0.4 is 20.1 Å². The first-order valence-corrected chi connectivity index (χ1v) is 12.3. The predicted octanol–water partition coefficient (Wildman–Crippen LogP) is 4.27. The molecule has 44 heavy (non-hydrogen) atoms. The zero-order valence-electron chi connectivity index (χ0n) is 22.6. The minimum Gasteiger partial charge on any atom is -0.492 e. The number of rotatable bonds is 7. The van der Waals surface area contributed by atoms with Gasteiger partial charge in [-0.2, -0.15) is 31.4 Å². The molecule has 5 N–H and O–H groups in total. The van der Waals surface area contributed by atoms with Crippen molar-refractivity contribution in [1.29, 1.82) is 0 Å². The van der Waals surface area contributed by atoms with Crippen LogP contribution >= 0.6 is 0 Å². The summed E-state index contributed by atoms with van der Waals surface area (Å²) in [6, 6.07) is 9.95. The first-order valence-electron chi connectivity index (χ1n) is 12.3. The molecule has 1 amide bonds. The molecule has 0 saturated carbocycles. The highest BCUT2D eigenvalue weighted by atomic mass is 19.4.